The number of sulfonamides is 1. The molecule has 3 rings (SSSR count). The number of likely N-dealkylation sites (N-methyl/N-ethyl adjacent to an activating group) is 1. The fourth-order valence-electron chi connectivity index (χ4n) is 2.86. The van der Waals surface area contributed by atoms with E-state index < -0.39 is 15.8 Å². The zero-order valence-electron chi connectivity index (χ0n) is 12.9. The molecule has 4 nitrogen and oxygen atoms in total. The van der Waals surface area contributed by atoms with E-state index in [9.17, 15) is 12.8 Å². The molecule has 2 aromatic carbocycles. The van der Waals surface area contributed by atoms with Crippen LogP contribution in [0.3, 0.4) is 0 Å². The molecule has 122 valence electrons. The average molecular weight is 334 g/mol. The third-order valence-electron chi connectivity index (χ3n) is 4.25. The lowest BCUT2D eigenvalue weighted by molar-refractivity contribution is 0.148. The fourth-order valence-corrected chi connectivity index (χ4v) is 4.30. The smallest absolute Gasteiger partial charge is 0.243 e. The van der Waals surface area contributed by atoms with Crippen LogP contribution in [0.2, 0.25) is 0 Å². The number of piperazine rings is 1. The Labute approximate surface area is 136 Å². The lowest BCUT2D eigenvalue weighted by Gasteiger charge is -2.39. The SMILES string of the molecule is CN1CCN(S(=O)(=O)c2ccc(F)cc2)C[C@H]1c1ccccc1. The number of hydrogen-bond acceptors (Lipinski definition) is 3. The van der Waals surface area contributed by atoms with Gasteiger partial charge in [0.05, 0.1) is 4.90 Å². The van der Waals surface area contributed by atoms with Crippen LogP contribution in [0.15, 0.2) is 59.5 Å². The van der Waals surface area contributed by atoms with Crippen molar-refractivity contribution in [2.75, 3.05) is 26.7 Å². The zero-order chi connectivity index (χ0) is 16.4. The fraction of sp³-hybridized carbons (Fsp3) is 0.294. The zero-order valence-corrected chi connectivity index (χ0v) is 13.7. The highest BCUT2D eigenvalue weighted by atomic mass is 32.2. The molecule has 1 heterocycles. The maximum Gasteiger partial charge on any atom is 0.243 e. The van der Waals surface area contributed by atoms with Gasteiger partial charge in [-0.15, -0.1) is 0 Å². The molecule has 0 aromatic heterocycles. The Morgan fingerprint density at radius 3 is 2.30 bits per heavy atom. The highest BCUT2D eigenvalue weighted by molar-refractivity contribution is 7.89. The molecule has 0 spiro atoms. The van der Waals surface area contributed by atoms with Crippen molar-refractivity contribution < 1.29 is 12.8 Å². The Kier molecular flexibility index (Phi) is 4.48. The monoisotopic (exact) mass is 334 g/mol. The summed E-state index contributed by atoms with van der Waals surface area (Å²) in [5.41, 5.74) is 1.09. The molecule has 1 atom stereocenters. The first-order chi connectivity index (χ1) is 11.0. The molecule has 0 aliphatic carbocycles. The molecule has 0 radical (unpaired) electrons. The molecule has 0 bridgehead atoms. The van der Waals surface area contributed by atoms with Gasteiger partial charge < -0.3 is 0 Å². The van der Waals surface area contributed by atoms with Crippen LogP contribution in [0.1, 0.15) is 11.6 Å². The van der Waals surface area contributed by atoms with Crippen molar-refractivity contribution in [3.05, 3.63) is 66.0 Å². The molecule has 0 N–H and O–H groups in total. The van der Waals surface area contributed by atoms with Gasteiger partial charge in [-0.05, 0) is 36.9 Å². The molecule has 0 unspecified atom stereocenters. The lowest BCUT2D eigenvalue weighted by Crippen LogP contribution is -2.48. The van der Waals surface area contributed by atoms with E-state index in [0.717, 1.165) is 5.56 Å². The third kappa shape index (κ3) is 3.29. The standard InChI is InChI=1S/C17H19FN2O2S/c1-19-11-12-20(13-17(19)14-5-3-2-4-6-14)23(21,22)16-9-7-15(18)8-10-16/h2-10,17H,11-13H2,1H3/t17-/m0/s1. The summed E-state index contributed by atoms with van der Waals surface area (Å²) in [4.78, 5) is 2.29. The van der Waals surface area contributed by atoms with Gasteiger partial charge in [0.1, 0.15) is 5.82 Å². The summed E-state index contributed by atoms with van der Waals surface area (Å²) < 4.78 is 40.1. The minimum Gasteiger partial charge on any atom is -0.297 e. The van der Waals surface area contributed by atoms with Gasteiger partial charge in [-0.25, -0.2) is 12.8 Å². The molecule has 1 fully saturated rings. The van der Waals surface area contributed by atoms with Crippen molar-refractivity contribution in [3.8, 4) is 0 Å². The molecule has 1 saturated heterocycles. The number of hydrogen-bond donors (Lipinski definition) is 0. The molecule has 0 saturated carbocycles. The van der Waals surface area contributed by atoms with Crippen LogP contribution in [0.5, 0.6) is 0 Å². The van der Waals surface area contributed by atoms with E-state index in [-0.39, 0.29) is 10.9 Å². The molecule has 6 heteroatoms. The molecule has 23 heavy (non-hydrogen) atoms. The van der Waals surface area contributed by atoms with E-state index in [1.165, 1.54) is 28.6 Å². The first-order valence-electron chi connectivity index (χ1n) is 7.49. The van der Waals surface area contributed by atoms with Gasteiger partial charge in [-0.1, -0.05) is 30.3 Å². The van der Waals surface area contributed by atoms with E-state index in [1.54, 1.807) is 0 Å². The number of rotatable bonds is 3. The Morgan fingerprint density at radius 1 is 1.00 bits per heavy atom. The summed E-state index contributed by atoms with van der Waals surface area (Å²) in [5, 5.41) is 0. The Bertz CT molecular complexity index is 763. The van der Waals surface area contributed by atoms with Gasteiger partial charge in [-0.2, -0.15) is 4.31 Å². The van der Waals surface area contributed by atoms with Crippen molar-refractivity contribution in [2.24, 2.45) is 0 Å². The quantitative estimate of drug-likeness (QED) is 0.866. The maximum atomic E-state index is 13.0. The maximum absolute atomic E-state index is 13.0. The van der Waals surface area contributed by atoms with Gasteiger partial charge in [0, 0.05) is 25.7 Å². The van der Waals surface area contributed by atoms with Crippen molar-refractivity contribution >= 4 is 10.0 Å². The summed E-state index contributed by atoms with van der Waals surface area (Å²) in [6.45, 7) is 1.47. The van der Waals surface area contributed by atoms with Crippen LogP contribution < -0.4 is 0 Å². The van der Waals surface area contributed by atoms with E-state index >= 15 is 0 Å². The number of nitrogens with zero attached hydrogens (tertiary/aromatic N) is 2. The largest absolute Gasteiger partial charge is 0.297 e. The van der Waals surface area contributed by atoms with E-state index in [0.29, 0.717) is 19.6 Å². The topological polar surface area (TPSA) is 40.6 Å². The molecular weight excluding hydrogens is 315 g/mol. The highest BCUT2D eigenvalue weighted by Gasteiger charge is 2.33. The van der Waals surface area contributed by atoms with Crippen LogP contribution in [0.25, 0.3) is 0 Å². The normalized spacial score (nSPS) is 20.5. The predicted molar refractivity (Wildman–Crippen MR) is 87.0 cm³/mol. The Balaban J connectivity index is 1.87. The van der Waals surface area contributed by atoms with Gasteiger partial charge >= 0.3 is 0 Å². The summed E-state index contributed by atoms with van der Waals surface area (Å²) in [6.07, 6.45) is 0. The highest BCUT2D eigenvalue weighted by Crippen LogP contribution is 2.27. The summed E-state index contributed by atoms with van der Waals surface area (Å²) in [5.74, 6) is -0.440. The molecule has 0 amide bonds. The minimum atomic E-state index is -3.60. The van der Waals surface area contributed by atoms with Crippen molar-refractivity contribution in [3.63, 3.8) is 0 Å². The van der Waals surface area contributed by atoms with Gasteiger partial charge in [-0.3, -0.25) is 4.90 Å². The van der Waals surface area contributed by atoms with Gasteiger partial charge in [0.2, 0.25) is 10.0 Å². The van der Waals surface area contributed by atoms with Crippen LogP contribution in [-0.4, -0.2) is 44.3 Å². The first kappa shape index (κ1) is 16.1. The summed E-state index contributed by atoms with van der Waals surface area (Å²) in [7, 11) is -1.60. The average Bonchev–Trinajstić information content (AvgIpc) is 2.56. The number of halogens is 1. The van der Waals surface area contributed by atoms with E-state index in [1.807, 2.05) is 37.4 Å². The second kappa shape index (κ2) is 6.39. The predicted octanol–water partition coefficient (Wildman–Crippen LogP) is 2.50. The lowest BCUT2D eigenvalue weighted by atomic mass is 10.0. The first-order valence-corrected chi connectivity index (χ1v) is 8.93. The molecule has 1 aliphatic heterocycles. The van der Waals surface area contributed by atoms with Crippen molar-refractivity contribution in [2.45, 2.75) is 10.9 Å². The van der Waals surface area contributed by atoms with Crippen LogP contribution >= 0.6 is 0 Å². The summed E-state index contributed by atoms with van der Waals surface area (Å²) in [6, 6.07) is 14.9. The third-order valence-corrected chi connectivity index (χ3v) is 6.13. The van der Waals surface area contributed by atoms with E-state index in [2.05, 4.69) is 4.90 Å². The summed E-state index contributed by atoms with van der Waals surface area (Å²) >= 11 is 0. The van der Waals surface area contributed by atoms with Crippen LogP contribution in [0, 0.1) is 5.82 Å². The minimum absolute atomic E-state index is 0.0140. The van der Waals surface area contributed by atoms with Gasteiger partial charge in [0.25, 0.3) is 0 Å². The van der Waals surface area contributed by atoms with Gasteiger partial charge in [0.15, 0.2) is 0 Å². The van der Waals surface area contributed by atoms with E-state index in [4.69, 9.17) is 0 Å². The second-order valence-electron chi connectivity index (χ2n) is 5.72. The molecule has 1 aliphatic rings. The molecule has 2 aromatic rings. The Hall–Kier alpha value is -1.76. The Morgan fingerprint density at radius 2 is 1.65 bits per heavy atom. The second-order valence-corrected chi connectivity index (χ2v) is 7.66. The van der Waals surface area contributed by atoms with Crippen LogP contribution in [-0.2, 0) is 10.0 Å². The van der Waals surface area contributed by atoms with Crippen LogP contribution in [0.4, 0.5) is 4.39 Å². The number of benzene rings is 2. The van der Waals surface area contributed by atoms with Crippen molar-refractivity contribution in [1.82, 2.24) is 9.21 Å². The molecular formula is C17H19FN2O2S. The van der Waals surface area contributed by atoms with Crippen molar-refractivity contribution in [1.29, 1.82) is 0 Å².